The molecule has 0 aromatic heterocycles. The van der Waals surface area contributed by atoms with Crippen LogP contribution >= 0.6 is 8.03 Å². The van der Waals surface area contributed by atoms with E-state index in [4.69, 9.17) is 5.26 Å². The van der Waals surface area contributed by atoms with Crippen LogP contribution in [-0.2, 0) is 11.0 Å². The van der Waals surface area contributed by atoms with Gasteiger partial charge in [0.25, 0.3) is 5.91 Å². The molecule has 0 saturated heterocycles. The third-order valence-electron chi connectivity index (χ3n) is 2.89. The van der Waals surface area contributed by atoms with Gasteiger partial charge in [-0.25, -0.2) is 4.39 Å². The highest BCUT2D eigenvalue weighted by atomic mass is 31.1. The van der Waals surface area contributed by atoms with Gasteiger partial charge in [0.1, 0.15) is 5.82 Å². The SMILES string of the molecule is N#CCc1cc(NC(=O)c2cccc([P+](=O)[O-])c2)ccc1F. The van der Waals surface area contributed by atoms with Gasteiger partial charge in [0, 0.05) is 22.9 Å². The number of hydrogen-bond acceptors (Lipinski definition) is 4. The van der Waals surface area contributed by atoms with Crippen LogP contribution in [0, 0.1) is 17.1 Å². The largest absolute Gasteiger partial charge is 0.591 e. The number of rotatable bonds is 4. The third kappa shape index (κ3) is 3.73. The lowest BCUT2D eigenvalue weighted by atomic mass is 10.1. The van der Waals surface area contributed by atoms with Gasteiger partial charge in [0.05, 0.1) is 12.5 Å². The minimum absolute atomic E-state index is 0.0342. The van der Waals surface area contributed by atoms with Crippen LogP contribution in [0.1, 0.15) is 15.9 Å². The fraction of sp³-hybridized carbons (Fsp3) is 0.0667. The molecular formula is C15H10FN2O3P. The van der Waals surface area contributed by atoms with Gasteiger partial charge >= 0.3 is 8.03 Å². The summed E-state index contributed by atoms with van der Waals surface area (Å²) in [6.45, 7) is 0. The zero-order chi connectivity index (χ0) is 16.1. The highest BCUT2D eigenvalue weighted by Crippen LogP contribution is 2.17. The van der Waals surface area contributed by atoms with Crippen molar-refractivity contribution in [2.75, 3.05) is 5.32 Å². The highest BCUT2D eigenvalue weighted by molar-refractivity contribution is 7.45. The van der Waals surface area contributed by atoms with E-state index in [2.05, 4.69) is 5.32 Å². The summed E-state index contributed by atoms with van der Waals surface area (Å²) in [6.07, 6.45) is -0.109. The molecule has 0 aliphatic carbocycles. The summed E-state index contributed by atoms with van der Waals surface area (Å²) in [5.74, 6) is -1.04. The van der Waals surface area contributed by atoms with Gasteiger partial charge in [-0.3, -0.25) is 4.79 Å². The molecular weight excluding hydrogens is 306 g/mol. The van der Waals surface area contributed by atoms with E-state index in [-0.39, 0.29) is 22.9 Å². The summed E-state index contributed by atoms with van der Waals surface area (Å²) in [6, 6.07) is 11.3. The van der Waals surface area contributed by atoms with Gasteiger partial charge < -0.3 is 10.2 Å². The lowest BCUT2D eigenvalue weighted by Gasteiger charge is -2.07. The van der Waals surface area contributed by atoms with Crippen molar-refractivity contribution >= 4 is 24.9 Å². The van der Waals surface area contributed by atoms with Gasteiger partial charge in [-0.2, -0.15) is 5.26 Å². The lowest BCUT2D eigenvalue weighted by molar-refractivity contribution is -0.160. The predicted molar refractivity (Wildman–Crippen MR) is 77.4 cm³/mol. The Hall–Kier alpha value is -2.61. The van der Waals surface area contributed by atoms with E-state index in [1.54, 1.807) is 0 Å². The fourth-order valence-electron chi connectivity index (χ4n) is 1.84. The van der Waals surface area contributed by atoms with E-state index >= 15 is 0 Å². The zero-order valence-corrected chi connectivity index (χ0v) is 12.1. The van der Waals surface area contributed by atoms with Crippen LogP contribution in [0.15, 0.2) is 42.5 Å². The van der Waals surface area contributed by atoms with E-state index < -0.39 is 19.8 Å². The van der Waals surface area contributed by atoms with Crippen molar-refractivity contribution in [3.05, 3.63) is 59.4 Å². The number of hydrogen-bond donors (Lipinski definition) is 1. The van der Waals surface area contributed by atoms with Crippen LogP contribution in [0.3, 0.4) is 0 Å². The van der Waals surface area contributed by atoms with E-state index in [1.807, 2.05) is 6.07 Å². The van der Waals surface area contributed by atoms with E-state index in [1.165, 1.54) is 36.4 Å². The summed E-state index contributed by atoms with van der Waals surface area (Å²) in [4.78, 5) is 23.0. The Morgan fingerprint density at radius 1 is 1.32 bits per heavy atom. The Balaban J connectivity index is 2.22. The monoisotopic (exact) mass is 316 g/mol. The zero-order valence-electron chi connectivity index (χ0n) is 11.2. The Kier molecular flexibility index (Phi) is 4.95. The van der Waals surface area contributed by atoms with Crippen LogP contribution in [0.5, 0.6) is 0 Å². The van der Waals surface area contributed by atoms with Crippen LogP contribution in [0.25, 0.3) is 0 Å². The second kappa shape index (κ2) is 6.90. The van der Waals surface area contributed by atoms with Crippen molar-refractivity contribution in [1.82, 2.24) is 0 Å². The Bertz CT molecular complexity index is 787. The van der Waals surface area contributed by atoms with E-state index in [0.29, 0.717) is 5.69 Å². The maximum atomic E-state index is 13.4. The van der Waals surface area contributed by atoms with E-state index in [9.17, 15) is 18.6 Å². The molecule has 0 heterocycles. The number of carbonyl (C=O) groups is 1. The minimum Gasteiger partial charge on any atom is -0.591 e. The predicted octanol–water partition coefficient (Wildman–Crippen LogP) is 1.87. The van der Waals surface area contributed by atoms with Crippen molar-refractivity contribution in [2.45, 2.75) is 6.42 Å². The number of amides is 1. The maximum absolute atomic E-state index is 13.4. The van der Waals surface area contributed by atoms with Gasteiger partial charge in [-0.15, -0.1) is 0 Å². The fourth-order valence-corrected chi connectivity index (χ4v) is 2.29. The molecule has 2 aromatic rings. The van der Waals surface area contributed by atoms with E-state index in [0.717, 1.165) is 6.07 Å². The smallest absolute Gasteiger partial charge is 0.348 e. The Morgan fingerprint density at radius 2 is 2.09 bits per heavy atom. The molecule has 0 aliphatic heterocycles. The van der Waals surface area contributed by atoms with Crippen molar-refractivity contribution in [1.29, 1.82) is 5.26 Å². The third-order valence-corrected chi connectivity index (χ3v) is 3.59. The first-order chi connectivity index (χ1) is 10.5. The summed E-state index contributed by atoms with van der Waals surface area (Å²) in [5, 5.41) is 11.2. The number of nitrogens with one attached hydrogen (secondary N) is 1. The molecule has 0 aliphatic rings. The number of halogens is 1. The van der Waals surface area contributed by atoms with Crippen LogP contribution in [0.2, 0.25) is 0 Å². The first-order valence-corrected chi connectivity index (χ1v) is 7.40. The van der Waals surface area contributed by atoms with Gasteiger partial charge in [-0.1, -0.05) is 10.6 Å². The van der Waals surface area contributed by atoms with Crippen molar-refractivity contribution < 1.29 is 18.6 Å². The van der Waals surface area contributed by atoms with Crippen LogP contribution < -0.4 is 15.5 Å². The number of anilines is 1. The first-order valence-electron chi connectivity index (χ1n) is 6.22. The minimum atomic E-state index is -2.78. The van der Waals surface area contributed by atoms with Crippen LogP contribution in [-0.4, -0.2) is 5.91 Å². The summed E-state index contributed by atoms with van der Waals surface area (Å²) in [5.41, 5.74) is 0.674. The number of nitrogens with zero attached hydrogens (tertiary/aromatic N) is 1. The Morgan fingerprint density at radius 3 is 2.77 bits per heavy atom. The normalized spacial score (nSPS) is 10.7. The molecule has 1 N–H and O–H groups in total. The van der Waals surface area contributed by atoms with Gasteiger partial charge in [0.15, 0.2) is 5.30 Å². The summed E-state index contributed by atoms with van der Waals surface area (Å²) in [7, 11) is -2.78. The molecule has 1 amide bonds. The average molecular weight is 316 g/mol. The summed E-state index contributed by atoms with van der Waals surface area (Å²) < 4.78 is 24.3. The van der Waals surface area contributed by atoms with Crippen molar-refractivity contribution in [3.63, 3.8) is 0 Å². The number of nitriles is 1. The molecule has 1 unspecified atom stereocenters. The molecule has 2 aromatic carbocycles. The molecule has 0 fully saturated rings. The maximum Gasteiger partial charge on any atom is 0.348 e. The van der Waals surface area contributed by atoms with Crippen molar-refractivity contribution in [2.24, 2.45) is 0 Å². The Labute approximate surface area is 126 Å². The first kappa shape index (κ1) is 15.8. The molecule has 5 nitrogen and oxygen atoms in total. The molecule has 0 spiro atoms. The molecule has 110 valence electrons. The van der Waals surface area contributed by atoms with Gasteiger partial charge in [-0.05, 0) is 30.3 Å². The number of benzene rings is 2. The molecule has 22 heavy (non-hydrogen) atoms. The van der Waals surface area contributed by atoms with Gasteiger partial charge in [0.2, 0.25) is 0 Å². The quantitative estimate of drug-likeness (QED) is 0.871. The van der Waals surface area contributed by atoms with Crippen LogP contribution in [0.4, 0.5) is 10.1 Å². The second-order valence-electron chi connectivity index (χ2n) is 4.40. The molecule has 0 bridgehead atoms. The molecule has 7 heteroatoms. The molecule has 1 atom stereocenters. The molecule has 2 rings (SSSR count). The topological polar surface area (TPSA) is 93.0 Å². The number of carbonyl (C=O) groups excluding carboxylic acids is 1. The standard InChI is InChI=1S/C15H10FN2O3P/c16-14-5-4-12(8-10(14)6-7-17)18-15(19)11-2-1-3-13(9-11)22(20)21/h1-5,8-9H,6H2,(H,18,19). The lowest BCUT2D eigenvalue weighted by Crippen LogP contribution is -2.15. The summed E-state index contributed by atoms with van der Waals surface area (Å²) >= 11 is 0. The molecule has 0 radical (unpaired) electrons. The highest BCUT2D eigenvalue weighted by Gasteiger charge is 2.13. The second-order valence-corrected chi connectivity index (χ2v) is 5.43. The average Bonchev–Trinajstić information content (AvgIpc) is 2.51. The molecule has 0 saturated carbocycles. The van der Waals surface area contributed by atoms with Crippen molar-refractivity contribution in [3.8, 4) is 6.07 Å².